The Morgan fingerprint density at radius 1 is 1.35 bits per heavy atom. The summed E-state index contributed by atoms with van der Waals surface area (Å²) in [5.41, 5.74) is 8.30. The van der Waals surface area contributed by atoms with Crippen LogP contribution in [-0.2, 0) is 13.7 Å². The highest BCUT2D eigenvalue weighted by Crippen LogP contribution is 2.28. The summed E-state index contributed by atoms with van der Waals surface area (Å²) in [6, 6.07) is 7.37. The molecule has 0 aliphatic heterocycles. The normalized spacial score (nSPS) is 10.3. The Hall–Kier alpha value is -2.08. The van der Waals surface area contributed by atoms with Gasteiger partial charge in [0, 0.05) is 12.6 Å². The van der Waals surface area contributed by atoms with E-state index in [-0.39, 0.29) is 0 Å². The molecule has 0 radical (unpaired) electrons. The molecule has 0 fully saturated rings. The van der Waals surface area contributed by atoms with E-state index in [1.54, 1.807) is 23.9 Å². The standard InChI is InChI=1S/C14H17N3O2S/c1-9-6-11(17(2)16-9)8-19-12-5-4-10(14(15)20)7-13(12)18-3/h4-7H,8H2,1-3H3,(H2,15,20). The van der Waals surface area contributed by atoms with Crippen molar-refractivity contribution >= 4 is 17.2 Å². The topological polar surface area (TPSA) is 62.3 Å². The summed E-state index contributed by atoms with van der Waals surface area (Å²) in [7, 11) is 3.47. The van der Waals surface area contributed by atoms with Gasteiger partial charge in [-0.15, -0.1) is 0 Å². The SMILES string of the molecule is COc1cc(C(N)=S)ccc1OCc1cc(C)nn1C. The van der Waals surface area contributed by atoms with Gasteiger partial charge in [0.05, 0.1) is 18.5 Å². The van der Waals surface area contributed by atoms with Crippen LogP contribution in [0, 0.1) is 6.92 Å². The molecule has 1 heterocycles. The van der Waals surface area contributed by atoms with Gasteiger partial charge in [0.15, 0.2) is 11.5 Å². The van der Waals surface area contributed by atoms with Gasteiger partial charge >= 0.3 is 0 Å². The Morgan fingerprint density at radius 2 is 2.10 bits per heavy atom. The van der Waals surface area contributed by atoms with Crippen molar-refractivity contribution in [3.05, 3.63) is 41.2 Å². The summed E-state index contributed by atoms with van der Waals surface area (Å²) in [5.74, 6) is 1.25. The Labute approximate surface area is 123 Å². The molecule has 0 atom stereocenters. The lowest BCUT2D eigenvalue weighted by Gasteiger charge is -2.12. The number of benzene rings is 1. The zero-order valence-electron chi connectivity index (χ0n) is 11.7. The minimum absolute atomic E-state index is 0.331. The van der Waals surface area contributed by atoms with Crippen LogP contribution in [0.4, 0.5) is 0 Å². The number of ether oxygens (including phenoxy) is 2. The third-order valence-corrected chi connectivity index (χ3v) is 3.16. The van der Waals surface area contributed by atoms with Gasteiger partial charge in [-0.1, -0.05) is 12.2 Å². The summed E-state index contributed by atoms with van der Waals surface area (Å²) >= 11 is 4.94. The van der Waals surface area contributed by atoms with E-state index in [9.17, 15) is 0 Å². The van der Waals surface area contributed by atoms with Crippen molar-refractivity contribution in [3.8, 4) is 11.5 Å². The maximum Gasteiger partial charge on any atom is 0.161 e. The van der Waals surface area contributed by atoms with E-state index < -0.39 is 0 Å². The second-order valence-electron chi connectivity index (χ2n) is 4.42. The molecular weight excluding hydrogens is 274 g/mol. The first-order valence-electron chi connectivity index (χ1n) is 6.11. The van der Waals surface area contributed by atoms with Gasteiger partial charge in [0.2, 0.25) is 0 Å². The van der Waals surface area contributed by atoms with Crippen LogP contribution in [0.5, 0.6) is 11.5 Å². The molecule has 0 aliphatic carbocycles. The molecule has 0 saturated heterocycles. The Bertz CT molecular complexity index is 637. The highest BCUT2D eigenvalue weighted by atomic mass is 32.1. The third-order valence-electron chi connectivity index (χ3n) is 2.92. The lowest BCUT2D eigenvalue weighted by atomic mass is 10.2. The molecular formula is C14H17N3O2S. The Morgan fingerprint density at radius 3 is 2.65 bits per heavy atom. The molecule has 2 N–H and O–H groups in total. The number of nitrogens with zero attached hydrogens (tertiary/aromatic N) is 2. The summed E-state index contributed by atoms with van der Waals surface area (Å²) in [6.07, 6.45) is 0. The van der Waals surface area contributed by atoms with E-state index in [0.717, 1.165) is 17.0 Å². The maximum atomic E-state index is 5.77. The van der Waals surface area contributed by atoms with Crippen LogP contribution in [0.15, 0.2) is 24.3 Å². The molecule has 0 saturated carbocycles. The van der Waals surface area contributed by atoms with Gasteiger partial charge in [-0.3, -0.25) is 4.68 Å². The number of aryl methyl sites for hydroxylation is 2. The summed E-state index contributed by atoms with van der Waals surface area (Å²) in [4.78, 5) is 0.331. The smallest absolute Gasteiger partial charge is 0.161 e. The average molecular weight is 291 g/mol. The predicted octanol–water partition coefficient (Wildman–Crippen LogP) is 1.95. The van der Waals surface area contributed by atoms with Gasteiger partial charge in [0.25, 0.3) is 0 Å². The Balaban J connectivity index is 2.17. The highest BCUT2D eigenvalue weighted by molar-refractivity contribution is 7.80. The molecule has 0 amide bonds. The number of methoxy groups -OCH3 is 1. The third kappa shape index (κ3) is 3.08. The second-order valence-corrected chi connectivity index (χ2v) is 4.86. The van der Waals surface area contributed by atoms with Crippen LogP contribution < -0.4 is 15.2 Å². The molecule has 6 heteroatoms. The van der Waals surface area contributed by atoms with Gasteiger partial charge in [-0.2, -0.15) is 5.10 Å². The van der Waals surface area contributed by atoms with E-state index >= 15 is 0 Å². The second kappa shape index (κ2) is 5.92. The largest absolute Gasteiger partial charge is 0.493 e. The van der Waals surface area contributed by atoms with E-state index in [2.05, 4.69) is 5.10 Å². The van der Waals surface area contributed by atoms with Crippen molar-refractivity contribution in [2.75, 3.05) is 7.11 Å². The van der Waals surface area contributed by atoms with E-state index in [4.69, 9.17) is 27.4 Å². The molecule has 2 aromatic rings. The fourth-order valence-electron chi connectivity index (χ4n) is 1.89. The van der Waals surface area contributed by atoms with Crippen LogP contribution in [0.2, 0.25) is 0 Å². The number of hydrogen-bond acceptors (Lipinski definition) is 4. The molecule has 1 aromatic carbocycles. The first-order chi connectivity index (χ1) is 9.51. The molecule has 0 unspecified atom stereocenters. The molecule has 106 valence electrons. The maximum absolute atomic E-state index is 5.77. The molecule has 0 bridgehead atoms. The number of thiocarbonyl (C=S) groups is 1. The fourth-order valence-corrected chi connectivity index (χ4v) is 2.02. The van der Waals surface area contributed by atoms with Crippen molar-refractivity contribution in [2.45, 2.75) is 13.5 Å². The minimum atomic E-state index is 0.331. The van der Waals surface area contributed by atoms with Crippen molar-refractivity contribution in [1.82, 2.24) is 9.78 Å². The molecule has 0 aliphatic rings. The molecule has 1 aromatic heterocycles. The zero-order chi connectivity index (χ0) is 14.7. The van der Waals surface area contributed by atoms with Crippen molar-refractivity contribution in [1.29, 1.82) is 0 Å². The van der Waals surface area contributed by atoms with Crippen LogP contribution in [0.1, 0.15) is 17.0 Å². The van der Waals surface area contributed by atoms with E-state index in [1.807, 2.05) is 26.1 Å². The van der Waals surface area contributed by atoms with Gasteiger partial charge in [-0.05, 0) is 31.2 Å². The highest BCUT2D eigenvalue weighted by Gasteiger charge is 2.09. The first kappa shape index (κ1) is 14.3. The molecule has 5 nitrogen and oxygen atoms in total. The van der Waals surface area contributed by atoms with Crippen LogP contribution in [0.25, 0.3) is 0 Å². The van der Waals surface area contributed by atoms with Gasteiger partial charge in [0.1, 0.15) is 11.6 Å². The van der Waals surface area contributed by atoms with E-state index in [0.29, 0.717) is 23.1 Å². The summed E-state index contributed by atoms with van der Waals surface area (Å²) in [5, 5.41) is 4.28. The predicted molar refractivity (Wildman–Crippen MR) is 81.2 cm³/mol. The van der Waals surface area contributed by atoms with Crippen molar-refractivity contribution in [2.24, 2.45) is 12.8 Å². The molecule has 0 spiro atoms. The quantitative estimate of drug-likeness (QED) is 0.853. The number of aromatic nitrogens is 2. The number of rotatable bonds is 5. The van der Waals surface area contributed by atoms with Crippen LogP contribution in [-0.4, -0.2) is 21.9 Å². The summed E-state index contributed by atoms with van der Waals surface area (Å²) < 4.78 is 12.9. The molecule has 2 rings (SSSR count). The lowest BCUT2D eigenvalue weighted by Crippen LogP contribution is -2.10. The average Bonchev–Trinajstić information content (AvgIpc) is 2.74. The monoisotopic (exact) mass is 291 g/mol. The van der Waals surface area contributed by atoms with Crippen molar-refractivity contribution in [3.63, 3.8) is 0 Å². The van der Waals surface area contributed by atoms with Gasteiger partial charge < -0.3 is 15.2 Å². The molecule has 20 heavy (non-hydrogen) atoms. The summed E-state index contributed by atoms with van der Waals surface area (Å²) in [6.45, 7) is 2.36. The number of hydrogen-bond donors (Lipinski definition) is 1. The van der Waals surface area contributed by atoms with Crippen molar-refractivity contribution < 1.29 is 9.47 Å². The first-order valence-corrected chi connectivity index (χ1v) is 6.52. The fraction of sp³-hybridized carbons (Fsp3) is 0.286. The van der Waals surface area contributed by atoms with Crippen LogP contribution in [0.3, 0.4) is 0 Å². The minimum Gasteiger partial charge on any atom is -0.493 e. The Kier molecular flexibility index (Phi) is 4.24. The van der Waals surface area contributed by atoms with Gasteiger partial charge in [-0.25, -0.2) is 0 Å². The van der Waals surface area contributed by atoms with E-state index in [1.165, 1.54) is 0 Å². The zero-order valence-corrected chi connectivity index (χ0v) is 12.5. The van der Waals surface area contributed by atoms with Crippen LogP contribution >= 0.6 is 12.2 Å². The lowest BCUT2D eigenvalue weighted by molar-refractivity contribution is 0.275. The number of nitrogens with two attached hydrogens (primary N) is 1.